The molecule has 0 aliphatic carbocycles. The lowest BCUT2D eigenvalue weighted by Gasteiger charge is -2.30. The zero-order chi connectivity index (χ0) is 17.1. The molecular formula is C15H20FN5O2S. The highest BCUT2D eigenvalue weighted by atomic mass is 32.1. The van der Waals surface area contributed by atoms with Gasteiger partial charge in [0.25, 0.3) is 0 Å². The molecule has 0 aromatic heterocycles. The second-order valence-corrected chi connectivity index (χ2v) is 6.33. The van der Waals surface area contributed by atoms with Gasteiger partial charge in [-0.15, -0.1) is 0 Å². The van der Waals surface area contributed by atoms with E-state index in [2.05, 4.69) is 16.2 Å². The molecule has 2 heterocycles. The largest absolute Gasteiger partial charge is 0.442 e. The van der Waals surface area contributed by atoms with Crippen molar-refractivity contribution < 1.29 is 13.9 Å². The van der Waals surface area contributed by atoms with Crippen molar-refractivity contribution in [2.75, 3.05) is 42.6 Å². The van der Waals surface area contributed by atoms with Crippen LogP contribution >= 0.6 is 12.2 Å². The number of nitrogens with one attached hydrogen (secondary N) is 3. The topological polar surface area (TPSA) is 68.9 Å². The standard InChI is InChI=1S/C15H20FN5O2S/c1-10(24)17-7-12-8-21(15(22)23-12)11-2-3-14(13(16)6-11)20-5-4-18-19-9-20/h2-3,6,12,18-19H,4-5,7-9H2,1H3,(H,17,24)/t12-/m0/s1. The predicted molar refractivity (Wildman–Crippen MR) is 93.6 cm³/mol. The van der Waals surface area contributed by atoms with E-state index in [1.165, 1.54) is 11.0 Å². The number of amides is 1. The summed E-state index contributed by atoms with van der Waals surface area (Å²) in [6.07, 6.45) is -0.782. The van der Waals surface area contributed by atoms with E-state index in [1.807, 2.05) is 4.90 Å². The summed E-state index contributed by atoms with van der Waals surface area (Å²) in [5, 5.41) is 2.98. The van der Waals surface area contributed by atoms with Crippen LogP contribution in [0.3, 0.4) is 0 Å². The molecule has 0 saturated carbocycles. The number of rotatable bonds is 4. The van der Waals surface area contributed by atoms with Crippen LogP contribution < -0.4 is 26.0 Å². The molecule has 1 aromatic rings. The first kappa shape index (κ1) is 16.9. The minimum absolute atomic E-state index is 0.310. The number of ether oxygens (including phenoxy) is 1. The lowest BCUT2D eigenvalue weighted by molar-refractivity contribution is 0.143. The molecule has 3 N–H and O–H groups in total. The third kappa shape index (κ3) is 3.74. The lowest BCUT2D eigenvalue weighted by Crippen LogP contribution is -2.52. The SMILES string of the molecule is CC(=S)NC[C@H]1CN(c2ccc(N3CCNNC3)c(F)c2)C(=O)O1. The summed E-state index contributed by atoms with van der Waals surface area (Å²) in [6, 6.07) is 4.80. The van der Waals surface area contributed by atoms with Crippen LogP contribution in [-0.2, 0) is 4.74 Å². The maximum absolute atomic E-state index is 14.5. The van der Waals surface area contributed by atoms with Crippen LogP contribution in [0.5, 0.6) is 0 Å². The van der Waals surface area contributed by atoms with Gasteiger partial charge in [-0.05, 0) is 25.1 Å². The molecule has 0 spiro atoms. The second kappa shape index (κ2) is 7.29. The van der Waals surface area contributed by atoms with Crippen LogP contribution in [0.25, 0.3) is 0 Å². The Kier molecular flexibility index (Phi) is 5.12. The molecule has 1 atom stereocenters. The quantitative estimate of drug-likeness (QED) is 0.697. The minimum atomic E-state index is -0.472. The molecule has 1 amide bonds. The molecule has 0 radical (unpaired) electrons. The lowest BCUT2D eigenvalue weighted by atomic mass is 10.2. The molecule has 24 heavy (non-hydrogen) atoms. The van der Waals surface area contributed by atoms with E-state index in [0.29, 0.717) is 42.7 Å². The van der Waals surface area contributed by atoms with Crippen LogP contribution in [0.1, 0.15) is 6.92 Å². The van der Waals surface area contributed by atoms with E-state index >= 15 is 0 Å². The fraction of sp³-hybridized carbons (Fsp3) is 0.467. The molecule has 0 unspecified atom stereocenters. The van der Waals surface area contributed by atoms with Crippen LogP contribution in [0.4, 0.5) is 20.6 Å². The van der Waals surface area contributed by atoms with E-state index in [4.69, 9.17) is 17.0 Å². The van der Waals surface area contributed by atoms with Crippen molar-refractivity contribution in [1.29, 1.82) is 0 Å². The Hall–Kier alpha value is -1.97. The minimum Gasteiger partial charge on any atom is -0.442 e. The smallest absolute Gasteiger partial charge is 0.414 e. The molecule has 2 fully saturated rings. The average Bonchev–Trinajstić information content (AvgIpc) is 2.94. The van der Waals surface area contributed by atoms with Crippen LogP contribution in [0, 0.1) is 5.82 Å². The number of anilines is 2. The second-order valence-electron chi connectivity index (χ2n) is 5.71. The number of nitrogens with zero attached hydrogens (tertiary/aromatic N) is 2. The van der Waals surface area contributed by atoms with Crippen molar-refractivity contribution >= 4 is 34.7 Å². The van der Waals surface area contributed by atoms with E-state index in [9.17, 15) is 9.18 Å². The highest BCUT2D eigenvalue weighted by Crippen LogP contribution is 2.27. The van der Waals surface area contributed by atoms with Gasteiger partial charge in [0.2, 0.25) is 0 Å². The fourth-order valence-electron chi connectivity index (χ4n) is 2.73. The molecular weight excluding hydrogens is 333 g/mol. The number of halogens is 1. The van der Waals surface area contributed by atoms with Crippen LogP contribution in [0.2, 0.25) is 0 Å². The molecule has 2 aliphatic rings. The number of hydrogen-bond acceptors (Lipinski definition) is 6. The first-order valence-electron chi connectivity index (χ1n) is 7.77. The molecule has 9 heteroatoms. The van der Waals surface area contributed by atoms with E-state index in [-0.39, 0.29) is 11.9 Å². The van der Waals surface area contributed by atoms with E-state index in [1.54, 1.807) is 19.1 Å². The molecule has 130 valence electrons. The monoisotopic (exact) mass is 353 g/mol. The van der Waals surface area contributed by atoms with Crippen molar-refractivity contribution in [3.63, 3.8) is 0 Å². The summed E-state index contributed by atoms with van der Waals surface area (Å²) in [6.45, 7) is 4.54. The molecule has 7 nitrogen and oxygen atoms in total. The van der Waals surface area contributed by atoms with Crippen LogP contribution in [0.15, 0.2) is 18.2 Å². The molecule has 1 aromatic carbocycles. The zero-order valence-electron chi connectivity index (χ0n) is 13.3. The van der Waals surface area contributed by atoms with Gasteiger partial charge in [-0.1, -0.05) is 12.2 Å². The van der Waals surface area contributed by atoms with Gasteiger partial charge in [-0.25, -0.2) is 14.6 Å². The van der Waals surface area contributed by atoms with Crippen molar-refractivity contribution in [2.24, 2.45) is 0 Å². The van der Waals surface area contributed by atoms with Gasteiger partial charge < -0.3 is 15.0 Å². The number of carbonyl (C=O) groups is 1. The summed E-state index contributed by atoms with van der Waals surface area (Å²) in [5.41, 5.74) is 6.97. The van der Waals surface area contributed by atoms with Gasteiger partial charge in [0.15, 0.2) is 0 Å². The predicted octanol–water partition coefficient (Wildman–Crippen LogP) is 0.959. The third-order valence-corrected chi connectivity index (χ3v) is 4.08. The van der Waals surface area contributed by atoms with Gasteiger partial charge >= 0.3 is 6.09 Å². The Balaban J connectivity index is 1.69. The summed E-state index contributed by atoms with van der Waals surface area (Å²) in [4.78, 5) is 16.0. The van der Waals surface area contributed by atoms with Gasteiger partial charge in [0.05, 0.1) is 36.1 Å². The third-order valence-electron chi connectivity index (χ3n) is 3.94. The summed E-state index contributed by atoms with van der Waals surface area (Å²) in [5.74, 6) is -0.361. The normalized spacial score (nSPS) is 20.9. The van der Waals surface area contributed by atoms with Gasteiger partial charge in [0, 0.05) is 13.1 Å². The summed E-state index contributed by atoms with van der Waals surface area (Å²) >= 11 is 4.95. The van der Waals surface area contributed by atoms with Crippen LogP contribution in [-0.4, -0.2) is 50.0 Å². The van der Waals surface area contributed by atoms with Gasteiger partial charge in [-0.3, -0.25) is 10.3 Å². The Labute approximate surface area is 145 Å². The van der Waals surface area contributed by atoms with Crippen molar-refractivity contribution in [3.8, 4) is 0 Å². The van der Waals surface area contributed by atoms with Crippen molar-refractivity contribution in [3.05, 3.63) is 24.0 Å². The first-order chi connectivity index (χ1) is 11.5. The summed E-state index contributed by atoms with van der Waals surface area (Å²) < 4.78 is 19.7. The number of thiocarbonyl (C=S) groups is 1. The number of cyclic esters (lactones) is 1. The Bertz CT molecular complexity index is 638. The Morgan fingerprint density at radius 2 is 2.33 bits per heavy atom. The molecule has 3 rings (SSSR count). The molecule has 2 aliphatic heterocycles. The fourth-order valence-corrected chi connectivity index (χ4v) is 2.81. The highest BCUT2D eigenvalue weighted by Gasteiger charge is 2.32. The van der Waals surface area contributed by atoms with Crippen molar-refractivity contribution in [2.45, 2.75) is 13.0 Å². The van der Waals surface area contributed by atoms with Gasteiger partial charge in [0.1, 0.15) is 11.9 Å². The van der Waals surface area contributed by atoms with Crippen molar-refractivity contribution in [1.82, 2.24) is 16.2 Å². The van der Waals surface area contributed by atoms with Gasteiger partial charge in [-0.2, -0.15) is 0 Å². The number of hydrogen-bond donors (Lipinski definition) is 3. The maximum atomic E-state index is 14.5. The Morgan fingerprint density at radius 1 is 1.50 bits per heavy atom. The first-order valence-corrected chi connectivity index (χ1v) is 8.18. The Morgan fingerprint density at radius 3 is 3.00 bits per heavy atom. The molecule has 0 bridgehead atoms. The number of hydrazine groups is 1. The van der Waals surface area contributed by atoms with E-state index in [0.717, 1.165) is 6.54 Å². The maximum Gasteiger partial charge on any atom is 0.414 e. The number of carbonyl (C=O) groups excluding carboxylic acids is 1. The van der Waals surface area contributed by atoms with E-state index < -0.39 is 6.09 Å². The average molecular weight is 353 g/mol. The zero-order valence-corrected chi connectivity index (χ0v) is 14.2. The summed E-state index contributed by atoms with van der Waals surface area (Å²) in [7, 11) is 0. The molecule has 2 saturated heterocycles. The number of benzene rings is 1. The highest BCUT2D eigenvalue weighted by molar-refractivity contribution is 7.80.